The van der Waals surface area contributed by atoms with Crippen LogP contribution >= 0.6 is 0 Å². The van der Waals surface area contributed by atoms with Crippen molar-refractivity contribution in [3.63, 3.8) is 0 Å². The highest BCUT2D eigenvalue weighted by Gasteiger charge is 2.18. The van der Waals surface area contributed by atoms with Crippen LogP contribution in [0.4, 0.5) is 0 Å². The van der Waals surface area contributed by atoms with Gasteiger partial charge in [0.2, 0.25) is 0 Å². The van der Waals surface area contributed by atoms with Crippen LogP contribution in [0.25, 0.3) is 0 Å². The van der Waals surface area contributed by atoms with E-state index in [1.54, 1.807) is 0 Å². The number of likely N-dealkylation sites (N-methyl/N-ethyl adjacent to an activating group) is 1. The average molecular weight is 235 g/mol. The summed E-state index contributed by atoms with van der Waals surface area (Å²) in [5, 5.41) is 2.79. The monoisotopic (exact) mass is 235 g/mol. The van der Waals surface area contributed by atoms with E-state index in [0.29, 0.717) is 13.0 Å². The largest absolute Gasteiger partial charge is 0.480 e. The molecule has 0 saturated heterocycles. The molecule has 3 nitrogen and oxygen atoms in total. The van der Waals surface area contributed by atoms with E-state index in [1.165, 1.54) is 0 Å². The predicted molar refractivity (Wildman–Crippen MR) is 69.3 cm³/mol. The highest BCUT2D eigenvalue weighted by atomic mass is 16.5. The molecule has 1 rings (SSSR count). The number of carbonyl (C=O) groups excluding carboxylic acids is 1. The first-order valence-corrected chi connectivity index (χ1v) is 6.10. The second-order valence-electron chi connectivity index (χ2n) is 4.18. The molecule has 0 aliphatic rings. The summed E-state index contributed by atoms with van der Waals surface area (Å²) in [6, 6.07) is 6.02. The van der Waals surface area contributed by atoms with Crippen LogP contribution in [0.1, 0.15) is 31.4 Å². The molecule has 0 radical (unpaired) electrons. The Bertz CT molecular complexity index is 388. The van der Waals surface area contributed by atoms with Crippen molar-refractivity contribution in [2.75, 3.05) is 6.54 Å². The fraction of sp³-hybridized carbons (Fsp3) is 0.500. The van der Waals surface area contributed by atoms with E-state index in [9.17, 15) is 4.79 Å². The molecule has 1 aromatic carbocycles. The van der Waals surface area contributed by atoms with Gasteiger partial charge in [0.1, 0.15) is 5.75 Å². The lowest BCUT2D eigenvalue weighted by Crippen LogP contribution is -2.37. The topological polar surface area (TPSA) is 38.3 Å². The van der Waals surface area contributed by atoms with Gasteiger partial charge in [-0.1, -0.05) is 19.1 Å². The molecule has 0 saturated carbocycles. The molecular formula is C14H21NO2. The summed E-state index contributed by atoms with van der Waals surface area (Å²) in [5.74, 6) is 0.749. The summed E-state index contributed by atoms with van der Waals surface area (Å²) in [6.45, 7) is 8.48. The van der Waals surface area contributed by atoms with Gasteiger partial charge in [0.15, 0.2) is 6.10 Å². The number of hydrogen-bond acceptors (Lipinski definition) is 2. The summed E-state index contributed by atoms with van der Waals surface area (Å²) in [5.41, 5.74) is 2.19. The molecule has 0 aliphatic carbocycles. The molecule has 0 bridgehead atoms. The molecule has 0 fully saturated rings. The van der Waals surface area contributed by atoms with Gasteiger partial charge in [-0.05, 0) is 44.4 Å². The van der Waals surface area contributed by atoms with Crippen molar-refractivity contribution in [1.29, 1.82) is 0 Å². The molecule has 0 aromatic heterocycles. The van der Waals surface area contributed by atoms with Crippen molar-refractivity contribution in [3.8, 4) is 5.75 Å². The van der Waals surface area contributed by atoms with Crippen LogP contribution in [0.3, 0.4) is 0 Å². The van der Waals surface area contributed by atoms with Crippen molar-refractivity contribution in [2.45, 2.75) is 40.2 Å². The maximum absolute atomic E-state index is 11.7. The normalized spacial score (nSPS) is 12.0. The average Bonchev–Trinajstić information content (AvgIpc) is 2.30. The summed E-state index contributed by atoms with van der Waals surface area (Å²) in [6.07, 6.45) is 0.259. The highest BCUT2D eigenvalue weighted by Crippen LogP contribution is 2.21. The zero-order valence-electron chi connectivity index (χ0n) is 11.0. The Kier molecular flexibility index (Phi) is 5.01. The van der Waals surface area contributed by atoms with Crippen LogP contribution in [-0.2, 0) is 4.79 Å². The first kappa shape index (κ1) is 13.6. The second-order valence-corrected chi connectivity index (χ2v) is 4.18. The van der Waals surface area contributed by atoms with Crippen molar-refractivity contribution in [3.05, 3.63) is 29.3 Å². The van der Waals surface area contributed by atoms with Crippen molar-refractivity contribution >= 4 is 5.91 Å². The molecule has 1 unspecified atom stereocenters. The minimum Gasteiger partial charge on any atom is -0.480 e. The van der Waals surface area contributed by atoms with Crippen LogP contribution in [0.15, 0.2) is 18.2 Å². The molecule has 94 valence electrons. The number of ether oxygens (including phenoxy) is 1. The van der Waals surface area contributed by atoms with Gasteiger partial charge in [0.05, 0.1) is 0 Å². The third-order valence-corrected chi connectivity index (χ3v) is 2.63. The number of benzene rings is 1. The standard InChI is InChI=1S/C14H21NO2/c1-5-12(14(16)15-6-2)17-13-9-10(3)7-8-11(13)4/h7-9,12H,5-6H2,1-4H3,(H,15,16). The number of carbonyl (C=O) groups is 1. The summed E-state index contributed by atoms with van der Waals surface area (Å²) in [7, 11) is 0. The molecule has 0 heterocycles. The fourth-order valence-corrected chi connectivity index (χ4v) is 1.60. The van der Waals surface area contributed by atoms with E-state index in [-0.39, 0.29) is 5.91 Å². The molecule has 0 spiro atoms. The predicted octanol–water partition coefficient (Wildman–Crippen LogP) is 2.60. The van der Waals surface area contributed by atoms with Gasteiger partial charge in [-0.15, -0.1) is 0 Å². The number of rotatable bonds is 5. The minimum absolute atomic E-state index is 0.0455. The van der Waals surface area contributed by atoms with E-state index >= 15 is 0 Å². The lowest BCUT2D eigenvalue weighted by Gasteiger charge is -2.18. The third-order valence-electron chi connectivity index (χ3n) is 2.63. The molecule has 1 aromatic rings. The lowest BCUT2D eigenvalue weighted by molar-refractivity contribution is -0.128. The van der Waals surface area contributed by atoms with E-state index in [0.717, 1.165) is 16.9 Å². The maximum atomic E-state index is 11.7. The first-order chi connectivity index (χ1) is 8.08. The van der Waals surface area contributed by atoms with Crippen molar-refractivity contribution in [1.82, 2.24) is 5.32 Å². The van der Waals surface area contributed by atoms with E-state index in [4.69, 9.17) is 4.74 Å². The Morgan fingerprint density at radius 3 is 2.65 bits per heavy atom. The Morgan fingerprint density at radius 2 is 2.06 bits per heavy atom. The number of amides is 1. The van der Waals surface area contributed by atoms with E-state index in [2.05, 4.69) is 5.32 Å². The van der Waals surface area contributed by atoms with Crippen LogP contribution in [-0.4, -0.2) is 18.6 Å². The van der Waals surface area contributed by atoms with Crippen LogP contribution in [0.5, 0.6) is 5.75 Å². The molecule has 0 aliphatic heterocycles. The zero-order chi connectivity index (χ0) is 12.8. The smallest absolute Gasteiger partial charge is 0.261 e. The molecule has 1 atom stereocenters. The Hall–Kier alpha value is -1.51. The number of aryl methyl sites for hydroxylation is 2. The molecule has 1 N–H and O–H groups in total. The minimum atomic E-state index is -0.407. The Labute approximate surface area is 103 Å². The van der Waals surface area contributed by atoms with Gasteiger partial charge in [0, 0.05) is 6.54 Å². The first-order valence-electron chi connectivity index (χ1n) is 6.10. The van der Waals surface area contributed by atoms with Gasteiger partial charge in [0.25, 0.3) is 5.91 Å². The Balaban J connectivity index is 2.80. The van der Waals surface area contributed by atoms with Gasteiger partial charge < -0.3 is 10.1 Å². The quantitative estimate of drug-likeness (QED) is 0.852. The SMILES string of the molecule is CCNC(=O)C(CC)Oc1cc(C)ccc1C. The van der Waals surface area contributed by atoms with Gasteiger partial charge in [-0.25, -0.2) is 0 Å². The molecule has 3 heteroatoms. The fourth-order valence-electron chi connectivity index (χ4n) is 1.60. The molecule has 17 heavy (non-hydrogen) atoms. The second kappa shape index (κ2) is 6.28. The number of hydrogen-bond donors (Lipinski definition) is 1. The van der Waals surface area contributed by atoms with Crippen LogP contribution in [0.2, 0.25) is 0 Å². The van der Waals surface area contributed by atoms with Gasteiger partial charge in [-0.2, -0.15) is 0 Å². The zero-order valence-corrected chi connectivity index (χ0v) is 11.0. The molecule has 1 amide bonds. The van der Waals surface area contributed by atoms with Crippen molar-refractivity contribution in [2.24, 2.45) is 0 Å². The van der Waals surface area contributed by atoms with Gasteiger partial charge >= 0.3 is 0 Å². The van der Waals surface area contributed by atoms with E-state index in [1.807, 2.05) is 45.9 Å². The Morgan fingerprint density at radius 1 is 1.35 bits per heavy atom. The summed E-state index contributed by atoms with van der Waals surface area (Å²) in [4.78, 5) is 11.7. The van der Waals surface area contributed by atoms with Gasteiger partial charge in [-0.3, -0.25) is 4.79 Å². The third kappa shape index (κ3) is 3.77. The van der Waals surface area contributed by atoms with E-state index < -0.39 is 6.10 Å². The lowest BCUT2D eigenvalue weighted by atomic mass is 10.1. The molecular weight excluding hydrogens is 214 g/mol. The summed E-state index contributed by atoms with van der Waals surface area (Å²) >= 11 is 0. The van der Waals surface area contributed by atoms with Crippen LogP contribution in [0, 0.1) is 13.8 Å². The van der Waals surface area contributed by atoms with Crippen molar-refractivity contribution < 1.29 is 9.53 Å². The van der Waals surface area contributed by atoms with Crippen LogP contribution < -0.4 is 10.1 Å². The highest BCUT2D eigenvalue weighted by molar-refractivity contribution is 5.81. The summed E-state index contributed by atoms with van der Waals surface area (Å²) < 4.78 is 5.78. The maximum Gasteiger partial charge on any atom is 0.261 e. The number of nitrogens with one attached hydrogen (secondary N) is 1.